The van der Waals surface area contributed by atoms with Gasteiger partial charge in [0, 0.05) is 19.4 Å². The molecule has 2 aliphatic rings. The summed E-state index contributed by atoms with van der Waals surface area (Å²) in [6, 6.07) is 0. The zero-order valence-corrected chi connectivity index (χ0v) is 18.0. The van der Waals surface area contributed by atoms with Crippen LogP contribution in [-0.4, -0.2) is 46.5 Å². The third kappa shape index (κ3) is 5.08. The molecule has 0 aromatic heterocycles. The fraction of sp³-hybridized carbons (Fsp3) is 0.842. The minimum Gasteiger partial charge on any atom is -0.434 e. The van der Waals surface area contributed by atoms with Gasteiger partial charge in [-0.05, 0) is 49.5 Å². The van der Waals surface area contributed by atoms with Gasteiger partial charge in [-0.1, -0.05) is 20.8 Å². The van der Waals surface area contributed by atoms with Crippen LogP contribution in [0, 0.1) is 17.3 Å². The lowest BCUT2D eigenvalue weighted by atomic mass is 10.1. The van der Waals surface area contributed by atoms with Gasteiger partial charge in [0.2, 0.25) is 0 Å². The second-order valence-electron chi connectivity index (χ2n) is 9.23. The first-order chi connectivity index (χ1) is 11.4. The summed E-state index contributed by atoms with van der Waals surface area (Å²) in [6.45, 7) is 15.9. The van der Waals surface area contributed by atoms with Crippen LogP contribution in [0.1, 0.15) is 34.1 Å². The van der Waals surface area contributed by atoms with E-state index in [0.717, 1.165) is 5.57 Å². The van der Waals surface area contributed by atoms with Crippen LogP contribution in [0.5, 0.6) is 0 Å². The highest BCUT2D eigenvalue weighted by Gasteiger charge is 2.55. The van der Waals surface area contributed by atoms with E-state index in [4.69, 9.17) is 18.6 Å². The number of carbonyl (C=O) groups is 1. The van der Waals surface area contributed by atoms with E-state index in [1.807, 2.05) is 13.0 Å². The summed E-state index contributed by atoms with van der Waals surface area (Å²) in [5.41, 5.74) is 0.776. The Morgan fingerprint density at radius 1 is 1.28 bits per heavy atom. The van der Waals surface area contributed by atoms with E-state index in [2.05, 4.69) is 40.4 Å². The second kappa shape index (κ2) is 7.04. The van der Waals surface area contributed by atoms with Crippen LogP contribution in [-0.2, 0) is 18.6 Å². The highest BCUT2D eigenvalue weighted by molar-refractivity contribution is 6.69. The lowest BCUT2D eigenvalue weighted by molar-refractivity contribution is -0.00484. The van der Waals surface area contributed by atoms with Gasteiger partial charge in [-0.3, -0.25) is 0 Å². The Balaban J connectivity index is 1.90. The van der Waals surface area contributed by atoms with Gasteiger partial charge >= 0.3 is 6.16 Å². The standard InChI is InChI=1S/C19H34O5Si/c1-13-15(18(13,2)3)12-22-17(20)24-16-10-19(4,21-5)9-14(16)11-23-25(6,7)8/h9,13,15-16H,10-12H2,1-8H3/t13-,15+,16-,19+/m0/s1. The van der Waals surface area contributed by atoms with Crippen LogP contribution in [0.15, 0.2) is 11.6 Å². The smallest absolute Gasteiger partial charge is 0.434 e. The predicted molar refractivity (Wildman–Crippen MR) is 100 cm³/mol. The largest absolute Gasteiger partial charge is 0.508 e. The van der Waals surface area contributed by atoms with E-state index in [-0.39, 0.29) is 11.5 Å². The summed E-state index contributed by atoms with van der Waals surface area (Å²) in [6.07, 6.45) is 1.67. The van der Waals surface area contributed by atoms with E-state index in [1.165, 1.54) is 0 Å². The topological polar surface area (TPSA) is 54.0 Å². The van der Waals surface area contributed by atoms with Crippen molar-refractivity contribution in [2.24, 2.45) is 17.3 Å². The van der Waals surface area contributed by atoms with Crippen LogP contribution < -0.4 is 0 Å². The monoisotopic (exact) mass is 370 g/mol. The molecule has 5 nitrogen and oxygen atoms in total. The maximum absolute atomic E-state index is 12.2. The number of ether oxygens (including phenoxy) is 3. The number of methoxy groups -OCH3 is 1. The minimum absolute atomic E-state index is 0.249. The molecule has 0 spiro atoms. The first-order valence-corrected chi connectivity index (χ1v) is 12.5. The Bertz CT molecular complexity index is 536. The summed E-state index contributed by atoms with van der Waals surface area (Å²) in [5, 5.41) is 0. The third-order valence-corrected chi connectivity index (χ3v) is 6.89. The van der Waals surface area contributed by atoms with E-state index in [1.54, 1.807) is 7.11 Å². The van der Waals surface area contributed by atoms with Crippen molar-refractivity contribution in [3.63, 3.8) is 0 Å². The van der Waals surface area contributed by atoms with Crippen molar-refractivity contribution in [1.82, 2.24) is 0 Å². The molecule has 6 heteroatoms. The van der Waals surface area contributed by atoms with Crippen LogP contribution in [0.2, 0.25) is 19.6 Å². The second-order valence-corrected chi connectivity index (χ2v) is 13.7. The Hall–Kier alpha value is -0.853. The molecule has 1 fully saturated rings. The van der Waals surface area contributed by atoms with Gasteiger partial charge in [-0.2, -0.15) is 0 Å². The Morgan fingerprint density at radius 3 is 2.36 bits per heavy atom. The van der Waals surface area contributed by atoms with Gasteiger partial charge in [0.15, 0.2) is 8.32 Å². The van der Waals surface area contributed by atoms with E-state index >= 15 is 0 Å². The lowest BCUT2D eigenvalue weighted by Crippen LogP contribution is -2.30. The van der Waals surface area contributed by atoms with Crippen molar-refractivity contribution >= 4 is 14.5 Å². The summed E-state index contributed by atoms with van der Waals surface area (Å²) >= 11 is 0. The summed E-state index contributed by atoms with van der Waals surface area (Å²) in [5.74, 6) is 0.988. The fourth-order valence-corrected chi connectivity index (χ4v) is 4.02. The molecule has 0 unspecified atom stereocenters. The average Bonchev–Trinajstić information content (AvgIpc) is 2.81. The van der Waals surface area contributed by atoms with E-state index < -0.39 is 20.1 Å². The molecular weight excluding hydrogens is 336 g/mol. The number of carbonyl (C=O) groups excluding carboxylic acids is 1. The molecule has 0 saturated heterocycles. The molecule has 25 heavy (non-hydrogen) atoms. The number of hydrogen-bond acceptors (Lipinski definition) is 5. The summed E-state index contributed by atoms with van der Waals surface area (Å²) in [4.78, 5) is 12.2. The maximum atomic E-state index is 12.2. The van der Waals surface area contributed by atoms with Crippen molar-refractivity contribution in [3.05, 3.63) is 11.6 Å². The normalized spacial score (nSPS) is 33.8. The molecule has 0 amide bonds. The van der Waals surface area contributed by atoms with Crippen molar-refractivity contribution in [3.8, 4) is 0 Å². The molecule has 144 valence electrons. The average molecular weight is 371 g/mol. The maximum Gasteiger partial charge on any atom is 0.508 e. The SMILES string of the molecule is CO[C@]1(C)C=C(CO[Si](C)(C)C)[C@@H](OC(=O)OC[C@@H]2[C@H](C)C2(C)C)C1. The van der Waals surface area contributed by atoms with Crippen molar-refractivity contribution in [2.45, 2.75) is 65.5 Å². The highest BCUT2D eigenvalue weighted by atomic mass is 28.4. The van der Waals surface area contributed by atoms with Crippen LogP contribution >= 0.6 is 0 Å². The van der Waals surface area contributed by atoms with Gasteiger partial charge in [0.05, 0.1) is 18.8 Å². The predicted octanol–water partition coefficient (Wildman–Crippen LogP) is 4.39. The molecule has 0 aromatic rings. The molecule has 4 atom stereocenters. The van der Waals surface area contributed by atoms with E-state index in [0.29, 0.717) is 31.5 Å². The molecule has 0 N–H and O–H groups in total. The molecule has 0 bridgehead atoms. The Morgan fingerprint density at radius 2 is 1.88 bits per heavy atom. The van der Waals surface area contributed by atoms with Gasteiger partial charge in [-0.15, -0.1) is 0 Å². The van der Waals surface area contributed by atoms with Gasteiger partial charge in [0.1, 0.15) is 6.10 Å². The Labute approximate surface area is 153 Å². The zero-order valence-electron chi connectivity index (χ0n) is 17.0. The minimum atomic E-state index is -1.65. The van der Waals surface area contributed by atoms with Crippen molar-refractivity contribution in [1.29, 1.82) is 0 Å². The van der Waals surface area contributed by atoms with Crippen LogP contribution in [0.25, 0.3) is 0 Å². The van der Waals surface area contributed by atoms with Gasteiger partial charge < -0.3 is 18.6 Å². The first-order valence-electron chi connectivity index (χ1n) is 9.12. The van der Waals surface area contributed by atoms with Crippen molar-refractivity contribution in [2.75, 3.05) is 20.3 Å². The summed E-state index contributed by atoms with van der Waals surface area (Å²) < 4.78 is 22.5. The van der Waals surface area contributed by atoms with Crippen molar-refractivity contribution < 1.29 is 23.4 Å². The lowest BCUT2D eigenvalue weighted by Gasteiger charge is -2.22. The quantitative estimate of drug-likeness (QED) is 0.378. The van der Waals surface area contributed by atoms with E-state index in [9.17, 15) is 4.79 Å². The molecule has 0 heterocycles. The van der Waals surface area contributed by atoms with Gasteiger partial charge in [0.25, 0.3) is 0 Å². The number of rotatable bonds is 7. The fourth-order valence-electron chi connectivity index (χ4n) is 3.42. The molecule has 1 saturated carbocycles. The molecule has 2 aliphatic carbocycles. The third-order valence-electron chi connectivity index (χ3n) is 5.88. The molecule has 0 aromatic carbocycles. The number of hydrogen-bond donors (Lipinski definition) is 0. The molecule has 0 aliphatic heterocycles. The molecular formula is C19H34O5Si. The Kier molecular flexibility index (Phi) is 5.76. The zero-order chi connectivity index (χ0) is 19.0. The molecule has 2 rings (SSSR count). The first kappa shape index (κ1) is 20.5. The summed E-state index contributed by atoms with van der Waals surface area (Å²) in [7, 11) is 0.0216. The van der Waals surface area contributed by atoms with Gasteiger partial charge in [-0.25, -0.2) is 4.79 Å². The van der Waals surface area contributed by atoms with Crippen LogP contribution in [0.4, 0.5) is 4.79 Å². The van der Waals surface area contributed by atoms with Crippen LogP contribution in [0.3, 0.4) is 0 Å². The highest BCUT2D eigenvalue weighted by Crippen LogP contribution is 2.57. The molecule has 0 radical (unpaired) electrons.